The summed E-state index contributed by atoms with van der Waals surface area (Å²) in [6.07, 6.45) is 1.87. The molecule has 1 atom stereocenters. The lowest BCUT2D eigenvalue weighted by atomic mass is 10.1. The number of nitrogens with one attached hydrogen (secondary N) is 2. The fraction of sp³-hybridized carbons (Fsp3) is 0.391. The molecule has 0 saturated heterocycles. The number of aryl methyl sites for hydroxylation is 1. The highest BCUT2D eigenvalue weighted by Gasteiger charge is 2.10. The summed E-state index contributed by atoms with van der Waals surface area (Å²) in [5, 5.41) is 5.83. The van der Waals surface area contributed by atoms with Crippen LogP contribution < -0.4 is 15.4 Å². The van der Waals surface area contributed by atoms with Crippen LogP contribution in [-0.2, 0) is 16.1 Å². The molecule has 2 N–H and O–H groups in total. The largest absolute Gasteiger partial charge is 0.493 e. The molecule has 0 aromatic heterocycles. The molecule has 0 aliphatic carbocycles. The summed E-state index contributed by atoms with van der Waals surface area (Å²) < 4.78 is 5.71. The molecule has 2 aromatic carbocycles. The minimum absolute atomic E-state index is 0.0114. The highest BCUT2D eigenvalue weighted by Crippen LogP contribution is 2.16. The molecule has 28 heavy (non-hydrogen) atoms. The lowest BCUT2D eigenvalue weighted by Crippen LogP contribution is -2.23. The monoisotopic (exact) mass is 382 g/mol. The van der Waals surface area contributed by atoms with Gasteiger partial charge in [-0.3, -0.25) is 9.59 Å². The molecule has 0 radical (unpaired) electrons. The zero-order chi connectivity index (χ0) is 20.4. The number of carbonyl (C=O) groups excluding carboxylic acids is 2. The van der Waals surface area contributed by atoms with Crippen LogP contribution in [0.2, 0.25) is 0 Å². The van der Waals surface area contributed by atoms with Gasteiger partial charge in [-0.15, -0.1) is 0 Å². The molecule has 0 saturated carbocycles. The molecular weight excluding hydrogens is 352 g/mol. The van der Waals surface area contributed by atoms with E-state index in [1.807, 2.05) is 69.3 Å². The maximum absolute atomic E-state index is 12.0. The molecule has 0 spiro atoms. The average molecular weight is 383 g/mol. The highest BCUT2D eigenvalue weighted by atomic mass is 16.5. The van der Waals surface area contributed by atoms with Gasteiger partial charge in [-0.25, -0.2) is 0 Å². The minimum atomic E-state index is -0.0229. The Hall–Kier alpha value is -2.82. The Morgan fingerprint density at radius 2 is 1.89 bits per heavy atom. The molecule has 2 aromatic rings. The van der Waals surface area contributed by atoms with E-state index in [-0.39, 0.29) is 17.7 Å². The van der Waals surface area contributed by atoms with E-state index in [2.05, 4.69) is 10.6 Å². The fourth-order valence-corrected chi connectivity index (χ4v) is 2.63. The van der Waals surface area contributed by atoms with Crippen molar-refractivity contribution in [3.63, 3.8) is 0 Å². The van der Waals surface area contributed by atoms with Crippen LogP contribution in [0, 0.1) is 12.8 Å². The molecule has 2 amide bonds. The van der Waals surface area contributed by atoms with Crippen LogP contribution in [0.5, 0.6) is 5.75 Å². The number of carbonyl (C=O) groups is 2. The van der Waals surface area contributed by atoms with Crippen molar-refractivity contribution >= 4 is 17.5 Å². The van der Waals surface area contributed by atoms with Crippen molar-refractivity contribution in [2.75, 3.05) is 11.9 Å². The van der Waals surface area contributed by atoms with Gasteiger partial charge in [-0.05, 0) is 49.1 Å². The number of para-hydroxylation sites is 1. The molecule has 5 heteroatoms. The summed E-state index contributed by atoms with van der Waals surface area (Å²) in [7, 11) is 0. The van der Waals surface area contributed by atoms with Gasteiger partial charge < -0.3 is 15.4 Å². The number of rotatable bonds is 10. The first-order valence-electron chi connectivity index (χ1n) is 9.84. The summed E-state index contributed by atoms with van der Waals surface area (Å²) in [5.74, 6) is 0.837. The predicted molar refractivity (Wildman–Crippen MR) is 112 cm³/mol. The second-order valence-corrected chi connectivity index (χ2v) is 6.99. The van der Waals surface area contributed by atoms with E-state index < -0.39 is 0 Å². The highest BCUT2D eigenvalue weighted by molar-refractivity contribution is 5.92. The predicted octanol–water partition coefficient (Wildman–Crippen LogP) is 4.46. The zero-order valence-corrected chi connectivity index (χ0v) is 17.0. The van der Waals surface area contributed by atoms with Gasteiger partial charge in [-0.1, -0.05) is 44.2 Å². The Morgan fingerprint density at radius 3 is 2.64 bits per heavy atom. The molecule has 0 fully saturated rings. The van der Waals surface area contributed by atoms with Crippen LogP contribution in [0.4, 0.5) is 5.69 Å². The van der Waals surface area contributed by atoms with Gasteiger partial charge in [0.1, 0.15) is 5.75 Å². The Balaban J connectivity index is 1.71. The van der Waals surface area contributed by atoms with Crippen LogP contribution in [0.15, 0.2) is 48.5 Å². The smallest absolute Gasteiger partial charge is 0.227 e. The second-order valence-electron chi connectivity index (χ2n) is 6.99. The van der Waals surface area contributed by atoms with Crippen LogP contribution in [0.1, 0.15) is 44.2 Å². The molecular formula is C23H30N2O3. The maximum Gasteiger partial charge on any atom is 0.227 e. The third-order valence-corrected chi connectivity index (χ3v) is 4.64. The van der Waals surface area contributed by atoms with E-state index in [0.717, 1.165) is 29.0 Å². The fourth-order valence-electron chi connectivity index (χ4n) is 2.63. The number of benzene rings is 2. The average Bonchev–Trinajstić information content (AvgIpc) is 2.70. The van der Waals surface area contributed by atoms with E-state index in [4.69, 9.17) is 4.74 Å². The molecule has 0 bridgehead atoms. The first-order valence-corrected chi connectivity index (χ1v) is 9.84. The standard InChI is InChI=1S/C23H30N2O3/c1-4-17(2)23(27)25-20-11-7-10-19(15-20)16-24-22(26)13-8-14-28-21-12-6-5-9-18(21)3/h5-7,9-12,15,17H,4,8,13-14,16H2,1-3H3,(H,24,26)(H,25,27). The third kappa shape index (κ3) is 7.06. The zero-order valence-electron chi connectivity index (χ0n) is 17.0. The summed E-state index contributed by atoms with van der Waals surface area (Å²) in [6.45, 7) is 6.84. The first-order chi connectivity index (χ1) is 13.5. The Bertz CT molecular complexity index is 789. The van der Waals surface area contributed by atoms with Crippen molar-refractivity contribution in [1.82, 2.24) is 5.32 Å². The van der Waals surface area contributed by atoms with Gasteiger partial charge in [-0.2, -0.15) is 0 Å². The van der Waals surface area contributed by atoms with Crippen LogP contribution in [-0.4, -0.2) is 18.4 Å². The van der Waals surface area contributed by atoms with E-state index in [9.17, 15) is 9.59 Å². The van der Waals surface area contributed by atoms with Crippen LogP contribution in [0.3, 0.4) is 0 Å². The van der Waals surface area contributed by atoms with Crippen molar-refractivity contribution in [2.45, 2.75) is 46.6 Å². The number of amides is 2. The quantitative estimate of drug-likeness (QED) is 0.596. The van der Waals surface area contributed by atoms with E-state index in [1.54, 1.807) is 0 Å². The Labute approximate surface area is 167 Å². The van der Waals surface area contributed by atoms with Crippen molar-refractivity contribution in [2.24, 2.45) is 5.92 Å². The minimum Gasteiger partial charge on any atom is -0.493 e. The maximum atomic E-state index is 12.0. The summed E-state index contributed by atoms with van der Waals surface area (Å²) in [5.41, 5.74) is 2.79. The van der Waals surface area contributed by atoms with Gasteiger partial charge in [0.2, 0.25) is 11.8 Å². The third-order valence-electron chi connectivity index (χ3n) is 4.64. The number of anilines is 1. The molecule has 0 aliphatic heterocycles. The molecule has 0 heterocycles. The number of hydrogen-bond donors (Lipinski definition) is 2. The molecule has 1 unspecified atom stereocenters. The van der Waals surface area contributed by atoms with Gasteiger partial charge in [0.15, 0.2) is 0 Å². The Morgan fingerprint density at radius 1 is 1.11 bits per heavy atom. The van der Waals surface area contributed by atoms with E-state index >= 15 is 0 Å². The van der Waals surface area contributed by atoms with E-state index in [0.29, 0.717) is 26.0 Å². The second kappa shape index (κ2) is 11.1. The van der Waals surface area contributed by atoms with E-state index in [1.165, 1.54) is 0 Å². The molecule has 0 aliphatic rings. The van der Waals surface area contributed by atoms with Crippen LogP contribution >= 0.6 is 0 Å². The van der Waals surface area contributed by atoms with Gasteiger partial charge in [0, 0.05) is 24.6 Å². The summed E-state index contributed by atoms with van der Waals surface area (Å²) >= 11 is 0. The van der Waals surface area contributed by atoms with Crippen LogP contribution in [0.25, 0.3) is 0 Å². The van der Waals surface area contributed by atoms with Gasteiger partial charge in [0.05, 0.1) is 6.61 Å². The molecule has 5 nitrogen and oxygen atoms in total. The normalized spacial score (nSPS) is 11.5. The number of ether oxygens (including phenoxy) is 1. The van der Waals surface area contributed by atoms with Crippen molar-refractivity contribution in [3.05, 3.63) is 59.7 Å². The molecule has 150 valence electrons. The summed E-state index contributed by atoms with van der Waals surface area (Å²) in [4.78, 5) is 24.0. The van der Waals surface area contributed by atoms with Gasteiger partial charge >= 0.3 is 0 Å². The lowest BCUT2D eigenvalue weighted by molar-refractivity contribution is -0.121. The molecule has 2 rings (SSSR count). The SMILES string of the molecule is CCC(C)C(=O)Nc1cccc(CNC(=O)CCCOc2ccccc2C)c1. The summed E-state index contributed by atoms with van der Waals surface area (Å²) in [6, 6.07) is 15.4. The Kier molecular flexibility index (Phi) is 8.53. The topological polar surface area (TPSA) is 67.4 Å². The lowest BCUT2D eigenvalue weighted by Gasteiger charge is -2.12. The first kappa shape index (κ1) is 21.5. The van der Waals surface area contributed by atoms with Crippen molar-refractivity contribution < 1.29 is 14.3 Å². The van der Waals surface area contributed by atoms with Crippen molar-refractivity contribution in [3.8, 4) is 5.75 Å². The number of hydrogen-bond acceptors (Lipinski definition) is 3. The van der Waals surface area contributed by atoms with Crippen molar-refractivity contribution in [1.29, 1.82) is 0 Å². The van der Waals surface area contributed by atoms with Gasteiger partial charge in [0.25, 0.3) is 0 Å².